The summed E-state index contributed by atoms with van der Waals surface area (Å²) in [7, 11) is 0. The van der Waals surface area contributed by atoms with Crippen molar-refractivity contribution in [3.63, 3.8) is 0 Å². The number of aliphatic hydroxyl groups excluding tert-OH is 3. The molecule has 8 heavy (non-hydrogen) atoms. The highest BCUT2D eigenvalue weighted by Crippen LogP contribution is 1.71. The maximum absolute atomic E-state index is 8.17. The van der Waals surface area contributed by atoms with Crippen LogP contribution in [0, 0.1) is 0 Å². The molecule has 0 fully saturated rings. The average molecular weight is 124 g/mol. The summed E-state index contributed by atoms with van der Waals surface area (Å²) >= 11 is 0. The summed E-state index contributed by atoms with van der Waals surface area (Å²) in [5, 5.41) is 24.0. The van der Waals surface area contributed by atoms with Crippen LogP contribution in [0.1, 0.15) is 0 Å². The Bertz CT molecular complexity index is 31.7. The summed E-state index contributed by atoms with van der Waals surface area (Å²) in [5.41, 5.74) is 0. The van der Waals surface area contributed by atoms with Crippen molar-refractivity contribution >= 4 is 0 Å². The zero-order valence-electron chi connectivity index (χ0n) is 4.49. The molecule has 0 unspecified atom stereocenters. The first kappa shape index (κ1) is 10.7. The van der Waals surface area contributed by atoms with Gasteiger partial charge < -0.3 is 15.3 Å². The Morgan fingerprint density at radius 1 is 1.12 bits per heavy atom. The second kappa shape index (κ2) is 9.93. The van der Waals surface area contributed by atoms with Crippen molar-refractivity contribution in [2.45, 2.75) is 6.10 Å². The number of aliphatic hydroxyl groups is 3. The number of hydrazine groups is 1. The Kier molecular flexibility index (Phi) is 13.3. The van der Waals surface area contributed by atoms with Gasteiger partial charge in [-0.05, 0) is 0 Å². The molecule has 0 aliphatic heterocycles. The van der Waals surface area contributed by atoms with Crippen LogP contribution in [0.5, 0.6) is 0 Å². The second-order valence-electron chi connectivity index (χ2n) is 1.02. The third kappa shape index (κ3) is 9.25. The Labute approximate surface area is 47.5 Å². The number of rotatable bonds is 2. The first-order valence-electron chi connectivity index (χ1n) is 2.04. The van der Waals surface area contributed by atoms with Gasteiger partial charge in [0.05, 0.1) is 13.2 Å². The van der Waals surface area contributed by atoms with Crippen molar-refractivity contribution in [3.05, 3.63) is 0 Å². The summed E-state index contributed by atoms with van der Waals surface area (Å²) in [6.07, 6.45) is -0.954. The van der Waals surface area contributed by atoms with Gasteiger partial charge in [0.1, 0.15) is 6.10 Å². The molecule has 0 aliphatic rings. The maximum atomic E-state index is 8.17. The van der Waals surface area contributed by atoms with Crippen molar-refractivity contribution in [1.29, 1.82) is 0 Å². The number of hydrogen-bond donors (Lipinski definition) is 5. The van der Waals surface area contributed by atoms with Gasteiger partial charge in [0.15, 0.2) is 0 Å². The van der Waals surface area contributed by atoms with E-state index in [-0.39, 0.29) is 13.2 Å². The first-order valence-corrected chi connectivity index (χ1v) is 2.04. The third-order valence-corrected chi connectivity index (χ3v) is 0.421. The van der Waals surface area contributed by atoms with Crippen LogP contribution in [0.15, 0.2) is 0 Å². The van der Waals surface area contributed by atoms with Crippen LogP contribution in [-0.2, 0) is 0 Å². The van der Waals surface area contributed by atoms with Crippen LogP contribution in [0.4, 0.5) is 0 Å². The van der Waals surface area contributed by atoms with Crippen LogP contribution in [0.2, 0.25) is 0 Å². The van der Waals surface area contributed by atoms with E-state index in [4.69, 9.17) is 15.3 Å². The predicted molar refractivity (Wildman–Crippen MR) is 28.6 cm³/mol. The van der Waals surface area contributed by atoms with Gasteiger partial charge in [-0.1, -0.05) is 0 Å². The third-order valence-electron chi connectivity index (χ3n) is 0.421. The Hall–Kier alpha value is -0.200. The molecule has 0 heterocycles. The largest absolute Gasteiger partial charge is 0.394 e. The summed E-state index contributed by atoms with van der Waals surface area (Å²) in [5.74, 6) is 8.00. The molecule has 0 aliphatic carbocycles. The van der Waals surface area contributed by atoms with Crippen LogP contribution in [0.3, 0.4) is 0 Å². The van der Waals surface area contributed by atoms with Crippen molar-refractivity contribution in [3.8, 4) is 0 Å². The quantitative estimate of drug-likeness (QED) is 0.201. The van der Waals surface area contributed by atoms with Crippen molar-refractivity contribution in [2.75, 3.05) is 13.2 Å². The first-order chi connectivity index (χ1) is 3.81. The molecule has 7 N–H and O–H groups in total. The zero-order valence-corrected chi connectivity index (χ0v) is 4.49. The van der Waals surface area contributed by atoms with E-state index < -0.39 is 6.10 Å². The van der Waals surface area contributed by atoms with Gasteiger partial charge in [-0.25, -0.2) is 0 Å². The topological polar surface area (TPSA) is 113 Å². The summed E-state index contributed by atoms with van der Waals surface area (Å²) in [6, 6.07) is 0. The highest BCUT2D eigenvalue weighted by atomic mass is 16.3. The zero-order chi connectivity index (χ0) is 6.99. The molecule has 0 bridgehead atoms. The lowest BCUT2D eigenvalue weighted by molar-refractivity contribution is 0.0450. The van der Waals surface area contributed by atoms with Gasteiger partial charge in [-0.3, -0.25) is 11.7 Å². The molecule has 5 heteroatoms. The SMILES string of the molecule is NN.OCC(O)CO. The van der Waals surface area contributed by atoms with Gasteiger partial charge in [0, 0.05) is 0 Å². The molecular formula is C3H12N2O3. The molecule has 0 spiro atoms. The molecule has 0 atom stereocenters. The highest BCUT2D eigenvalue weighted by Gasteiger charge is 1.93. The standard InChI is InChI=1S/C3H8O3.H4N2/c4-1-3(6)2-5;1-2/h3-6H,1-2H2;1-2H2. The monoisotopic (exact) mass is 124 g/mol. The smallest absolute Gasteiger partial charge is 0.100 e. The number of nitrogens with two attached hydrogens (primary N) is 2. The molecule has 0 aromatic heterocycles. The van der Waals surface area contributed by atoms with Crippen LogP contribution < -0.4 is 11.7 Å². The van der Waals surface area contributed by atoms with Crippen molar-refractivity contribution in [2.24, 2.45) is 11.7 Å². The van der Waals surface area contributed by atoms with Crippen molar-refractivity contribution in [1.82, 2.24) is 0 Å². The Balaban J connectivity index is 0. The second-order valence-corrected chi connectivity index (χ2v) is 1.02. The van der Waals surface area contributed by atoms with Gasteiger partial charge in [-0.15, -0.1) is 0 Å². The van der Waals surface area contributed by atoms with Gasteiger partial charge >= 0.3 is 0 Å². The van der Waals surface area contributed by atoms with Gasteiger partial charge in [0.25, 0.3) is 0 Å². The summed E-state index contributed by atoms with van der Waals surface area (Å²) in [6.45, 7) is -0.729. The van der Waals surface area contributed by atoms with E-state index in [0.29, 0.717) is 0 Å². The summed E-state index contributed by atoms with van der Waals surface area (Å²) < 4.78 is 0. The van der Waals surface area contributed by atoms with E-state index in [9.17, 15) is 0 Å². The minimum atomic E-state index is -0.954. The van der Waals surface area contributed by atoms with E-state index in [1.165, 1.54) is 0 Å². The van der Waals surface area contributed by atoms with E-state index >= 15 is 0 Å². The fourth-order valence-corrected chi connectivity index (χ4v) is 0.0577. The van der Waals surface area contributed by atoms with Crippen LogP contribution in [0.25, 0.3) is 0 Å². The average Bonchev–Trinajstić information content (AvgIpc) is 1.91. The molecular weight excluding hydrogens is 112 g/mol. The van der Waals surface area contributed by atoms with E-state index in [0.717, 1.165) is 0 Å². The molecule has 0 radical (unpaired) electrons. The molecule has 52 valence electrons. The van der Waals surface area contributed by atoms with Gasteiger partial charge in [0.2, 0.25) is 0 Å². The molecule has 0 aromatic rings. The van der Waals surface area contributed by atoms with E-state index in [1.807, 2.05) is 0 Å². The normalized spacial score (nSPS) is 8.25. The van der Waals surface area contributed by atoms with Crippen molar-refractivity contribution < 1.29 is 15.3 Å². The maximum Gasteiger partial charge on any atom is 0.100 e. The molecule has 0 saturated heterocycles. The van der Waals surface area contributed by atoms with Crippen LogP contribution in [-0.4, -0.2) is 34.6 Å². The fourth-order valence-electron chi connectivity index (χ4n) is 0.0577. The van der Waals surface area contributed by atoms with E-state index in [1.54, 1.807) is 0 Å². The number of hydrogen-bond acceptors (Lipinski definition) is 5. The lowest BCUT2D eigenvalue weighted by Crippen LogP contribution is -2.15. The minimum absolute atomic E-state index is 0.365. The van der Waals surface area contributed by atoms with Gasteiger partial charge in [-0.2, -0.15) is 0 Å². The fraction of sp³-hybridized carbons (Fsp3) is 1.00. The highest BCUT2D eigenvalue weighted by molar-refractivity contribution is 4.43. The van der Waals surface area contributed by atoms with E-state index in [2.05, 4.69) is 11.7 Å². The molecule has 0 saturated carbocycles. The molecule has 0 amide bonds. The predicted octanol–water partition coefficient (Wildman–Crippen LogP) is -2.85. The molecule has 5 nitrogen and oxygen atoms in total. The molecule has 0 rings (SSSR count). The minimum Gasteiger partial charge on any atom is -0.394 e. The molecule has 0 aromatic carbocycles. The van der Waals surface area contributed by atoms with Crippen LogP contribution >= 0.6 is 0 Å². The lowest BCUT2D eigenvalue weighted by Gasteiger charge is -1.96. The Morgan fingerprint density at radius 2 is 1.38 bits per heavy atom. The summed E-state index contributed by atoms with van der Waals surface area (Å²) in [4.78, 5) is 0. The Morgan fingerprint density at radius 3 is 1.38 bits per heavy atom. The lowest BCUT2D eigenvalue weighted by atomic mass is 10.4.